The van der Waals surface area contributed by atoms with Gasteiger partial charge in [-0.15, -0.1) is 16.6 Å². The predicted octanol–water partition coefficient (Wildman–Crippen LogP) is 2.36. The molecule has 2 aromatic rings. The minimum atomic E-state index is -4.04. The number of para-hydroxylation sites is 2. The van der Waals surface area contributed by atoms with Crippen LogP contribution in [0.2, 0.25) is 0 Å². The third-order valence-corrected chi connectivity index (χ3v) is 5.52. The Bertz CT molecular complexity index is 839. The normalized spacial score (nSPS) is 13.9. The second kappa shape index (κ2) is 5.59. The van der Waals surface area contributed by atoms with Gasteiger partial charge < -0.3 is 0 Å². The van der Waals surface area contributed by atoms with Crippen LogP contribution in [-0.2, 0) is 10.0 Å². The van der Waals surface area contributed by atoms with E-state index < -0.39 is 20.6 Å². The number of nitro benzene ring substituents is 1. The van der Waals surface area contributed by atoms with Crippen LogP contribution in [-0.4, -0.2) is 19.2 Å². The molecule has 0 amide bonds. The zero-order valence-electron chi connectivity index (χ0n) is 11.2. The average molecular weight is 337 g/mol. The van der Waals surface area contributed by atoms with E-state index in [2.05, 4.69) is 4.83 Å². The highest BCUT2D eigenvalue weighted by Gasteiger charge is 2.29. The molecule has 3 rings (SSSR count). The molecule has 2 aromatic carbocycles. The van der Waals surface area contributed by atoms with Gasteiger partial charge in [-0.2, -0.15) is 0 Å². The lowest BCUT2D eigenvalue weighted by Crippen LogP contribution is -2.40. The number of benzene rings is 2. The van der Waals surface area contributed by atoms with Crippen LogP contribution < -0.4 is 9.84 Å². The van der Waals surface area contributed by atoms with Crippen LogP contribution in [0.15, 0.2) is 58.3 Å². The Morgan fingerprint density at radius 1 is 1.14 bits per heavy atom. The lowest BCUT2D eigenvalue weighted by molar-refractivity contribution is -0.387. The number of nitrogens with zero attached hydrogens (tertiary/aromatic N) is 2. The molecule has 0 atom stereocenters. The molecule has 22 heavy (non-hydrogen) atoms. The summed E-state index contributed by atoms with van der Waals surface area (Å²) in [5.41, 5.74) is 0.282. The SMILES string of the molecule is O=[N+]([O-])c1ccccc1S(=O)(=O)NN1CSc2ccccc21. The van der Waals surface area contributed by atoms with Crippen molar-refractivity contribution in [1.82, 2.24) is 4.83 Å². The second-order valence-corrected chi connectivity index (χ2v) is 7.10. The van der Waals surface area contributed by atoms with Crippen LogP contribution in [0.25, 0.3) is 0 Å². The Labute approximate surface area is 131 Å². The molecule has 1 aliphatic heterocycles. The molecule has 1 aliphatic rings. The number of anilines is 1. The minimum absolute atomic E-state index is 0.352. The van der Waals surface area contributed by atoms with Crippen molar-refractivity contribution in [2.75, 3.05) is 10.9 Å². The summed E-state index contributed by atoms with van der Waals surface area (Å²) in [6.45, 7) is 0. The van der Waals surface area contributed by atoms with E-state index in [0.717, 1.165) is 10.6 Å². The van der Waals surface area contributed by atoms with Crippen molar-refractivity contribution in [3.63, 3.8) is 0 Å². The van der Waals surface area contributed by atoms with Gasteiger partial charge in [-0.05, 0) is 18.2 Å². The number of hydrogen-bond donors (Lipinski definition) is 1. The quantitative estimate of drug-likeness (QED) is 0.680. The first-order chi connectivity index (χ1) is 10.5. The second-order valence-electron chi connectivity index (χ2n) is 4.49. The number of sulfonamides is 1. The molecule has 7 nitrogen and oxygen atoms in total. The summed E-state index contributed by atoms with van der Waals surface area (Å²) in [6, 6.07) is 12.6. The van der Waals surface area contributed by atoms with E-state index in [-0.39, 0.29) is 4.90 Å². The number of rotatable bonds is 4. The van der Waals surface area contributed by atoms with Gasteiger partial charge >= 0.3 is 0 Å². The highest BCUT2D eigenvalue weighted by molar-refractivity contribution is 8.00. The summed E-state index contributed by atoms with van der Waals surface area (Å²) in [5.74, 6) is 0.402. The maximum atomic E-state index is 12.5. The van der Waals surface area contributed by atoms with Gasteiger partial charge in [0.2, 0.25) is 0 Å². The van der Waals surface area contributed by atoms with E-state index in [4.69, 9.17) is 0 Å². The lowest BCUT2D eigenvalue weighted by Gasteiger charge is -2.19. The fourth-order valence-corrected chi connectivity index (χ4v) is 4.39. The van der Waals surface area contributed by atoms with Crippen LogP contribution in [0, 0.1) is 10.1 Å². The summed E-state index contributed by atoms with van der Waals surface area (Å²) in [4.78, 5) is 13.3. The van der Waals surface area contributed by atoms with E-state index in [0.29, 0.717) is 5.88 Å². The van der Waals surface area contributed by atoms with Crippen molar-refractivity contribution in [2.24, 2.45) is 0 Å². The molecule has 114 valence electrons. The first kappa shape index (κ1) is 14.8. The van der Waals surface area contributed by atoms with Gasteiger partial charge in [0.25, 0.3) is 15.7 Å². The lowest BCUT2D eigenvalue weighted by atomic mass is 10.3. The summed E-state index contributed by atoms with van der Waals surface area (Å²) in [5, 5.41) is 12.5. The minimum Gasteiger partial charge on any atom is -0.283 e. The molecule has 0 aromatic heterocycles. The summed E-state index contributed by atoms with van der Waals surface area (Å²) in [6.07, 6.45) is 0. The monoisotopic (exact) mass is 337 g/mol. The van der Waals surface area contributed by atoms with Crippen molar-refractivity contribution in [3.05, 3.63) is 58.6 Å². The number of nitro groups is 1. The van der Waals surface area contributed by atoms with E-state index in [1.54, 1.807) is 12.1 Å². The molecule has 0 fully saturated rings. The molecular formula is C13H11N3O4S2. The zero-order chi connectivity index (χ0) is 15.7. The van der Waals surface area contributed by atoms with Gasteiger partial charge in [0.05, 0.1) is 16.5 Å². The van der Waals surface area contributed by atoms with Crippen LogP contribution in [0.4, 0.5) is 11.4 Å². The maximum Gasteiger partial charge on any atom is 0.289 e. The zero-order valence-corrected chi connectivity index (χ0v) is 12.8. The molecule has 0 unspecified atom stereocenters. The molecular weight excluding hydrogens is 326 g/mol. The first-order valence-electron chi connectivity index (χ1n) is 6.24. The molecule has 9 heteroatoms. The van der Waals surface area contributed by atoms with E-state index in [9.17, 15) is 18.5 Å². The third kappa shape index (κ3) is 2.65. The highest BCUT2D eigenvalue weighted by Crippen LogP contribution is 2.37. The van der Waals surface area contributed by atoms with Crippen LogP contribution in [0.3, 0.4) is 0 Å². The largest absolute Gasteiger partial charge is 0.289 e. The van der Waals surface area contributed by atoms with Crippen LogP contribution in [0.1, 0.15) is 0 Å². The van der Waals surface area contributed by atoms with Crippen LogP contribution in [0.5, 0.6) is 0 Å². The molecule has 0 saturated carbocycles. The van der Waals surface area contributed by atoms with Crippen molar-refractivity contribution < 1.29 is 13.3 Å². The Hall–Kier alpha value is -2.10. The maximum absolute atomic E-state index is 12.5. The van der Waals surface area contributed by atoms with E-state index >= 15 is 0 Å². The summed E-state index contributed by atoms with van der Waals surface area (Å²) < 4.78 is 24.9. The Morgan fingerprint density at radius 2 is 1.82 bits per heavy atom. The number of fused-ring (bicyclic) bond motifs is 1. The first-order valence-corrected chi connectivity index (χ1v) is 8.71. The predicted molar refractivity (Wildman–Crippen MR) is 83.1 cm³/mol. The van der Waals surface area contributed by atoms with Crippen molar-refractivity contribution in [2.45, 2.75) is 9.79 Å². The molecule has 0 spiro atoms. The van der Waals surface area contributed by atoms with Crippen molar-refractivity contribution in [1.29, 1.82) is 0 Å². The third-order valence-electron chi connectivity index (χ3n) is 3.09. The van der Waals surface area contributed by atoms with Gasteiger partial charge in [0.15, 0.2) is 4.90 Å². The summed E-state index contributed by atoms with van der Waals surface area (Å²) >= 11 is 1.49. The number of hydrogen-bond acceptors (Lipinski definition) is 6. The van der Waals surface area contributed by atoms with Gasteiger partial charge in [-0.1, -0.05) is 24.3 Å². The fourth-order valence-electron chi connectivity index (χ4n) is 2.11. The average Bonchev–Trinajstić information content (AvgIpc) is 2.90. The standard InChI is InChI=1S/C13H11N3O4S2/c17-16(18)11-6-2-4-8-13(11)22(19,20)14-15-9-21-12-7-3-1-5-10(12)15/h1-8,14H,9H2. The van der Waals surface area contributed by atoms with E-state index in [1.807, 2.05) is 12.1 Å². The van der Waals surface area contributed by atoms with Gasteiger partial charge in [-0.25, -0.2) is 8.42 Å². The fraction of sp³-hybridized carbons (Fsp3) is 0.0769. The highest BCUT2D eigenvalue weighted by atomic mass is 32.2. The van der Waals surface area contributed by atoms with Gasteiger partial charge in [0.1, 0.15) is 0 Å². The molecule has 0 saturated heterocycles. The van der Waals surface area contributed by atoms with Crippen molar-refractivity contribution >= 4 is 33.2 Å². The van der Waals surface area contributed by atoms with E-state index in [1.165, 1.54) is 41.0 Å². The number of nitrogens with one attached hydrogen (secondary N) is 1. The number of thioether (sulfide) groups is 1. The van der Waals surface area contributed by atoms with Crippen LogP contribution >= 0.6 is 11.8 Å². The Kier molecular flexibility index (Phi) is 3.77. The Morgan fingerprint density at radius 3 is 2.59 bits per heavy atom. The number of hydrazine groups is 1. The topological polar surface area (TPSA) is 92.5 Å². The summed E-state index contributed by atoms with van der Waals surface area (Å²) in [7, 11) is -4.04. The molecule has 0 aliphatic carbocycles. The van der Waals surface area contributed by atoms with Gasteiger partial charge in [-0.3, -0.25) is 15.1 Å². The molecule has 0 bridgehead atoms. The van der Waals surface area contributed by atoms with Crippen molar-refractivity contribution in [3.8, 4) is 0 Å². The van der Waals surface area contributed by atoms with Gasteiger partial charge in [0, 0.05) is 11.0 Å². The molecule has 1 N–H and O–H groups in total. The smallest absolute Gasteiger partial charge is 0.283 e. The molecule has 0 radical (unpaired) electrons. The Balaban J connectivity index is 1.95. The molecule has 1 heterocycles.